The lowest BCUT2D eigenvalue weighted by Crippen LogP contribution is -2.68. The molecule has 39 heavy (non-hydrogen) atoms. The summed E-state index contributed by atoms with van der Waals surface area (Å²) in [4.78, 5) is 0. The van der Waals surface area contributed by atoms with Gasteiger partial charge in [0.15, 0.2) is 6.29 Å². The van der Waals surface area contributed by atoms with Gasteiger partial charge in [-0.05, 0) is 92.8 Å². The number of rotatable bonds is 8. The maximum atomic E-state index is 12.4. The van der Waals surface area contributed by atoms with Gasteiger partial charge in [0.2, 0.25) is 0 Å². The third-order valence-electron chi connectivity index (χ3n) is 13.0. The molecular weight excluding hydrogens is 492 g/mol. The second-order valence-corrected chi connectivity index (χ2v) is 15.5. The lowest BCUT2D eigenvalue weighted by Gasteiger charge is -2.65. The Morgan fingerprint density at radius 3 is 2.28 bits per heavy atom. The predicted octanol–water partition coefficient (Wildman–Crippen LogP) is 5.44. The van der Waals surface area contributed by atoms with E-state index in [0.717, 1.165) is 43.4 Å². The lowest BCUT2D eigenvalue weighted by molar-refractivity contribution is -0.304. The number of aliphatic hydroxyl groups is 4. The Kier molecular flexibility index (Phi) is 8.61. The van der Waals surface area contributed by atoms with Gasteiger partial charge in [-0.2, -0.15) is 0 Å². The molecule has 1 heterocycles. The highest BCUT2D eigenvalue weighted by molar-refractivity contribution is 5.17. The van der Waals surface area contributed by atoms with Gasteiger partial charge in [-0.3, -0.25) is 0 Å². The number of hydrogen-bond acceptors (Lipinski definition) is 6. The van der Waals surface area contributed by atoms with Crippen LogP contribution in [0.1, 0.15) is 119 Å². The fourth-order valence-electron chi connectivity index (χ4n) is 10.8. The fourth-order valence-corrected chi connectivity index (χ4v) is 10.8. The minimum absolute atomic E-state index is 0.229. The van der Waals surface area contributed by atoms with Crippen LogP contribution >= 0.6 is 0 Å². The molecule has 0 aromatic carbocycles. The molecule has 5 rings (SSSR count). The van der Waals surface area contributed by atoms with Gasteiger partial charge in [0, 0.05) is 5.41 Å². The van der Waals surface area contributed by atoms with E-state index in [0.29, 0.717) is 29.6 Å². The third kappa shape index (κ3) is 4.95. The maximum absolute atomic E-state index is 12.4. The molecule has 0 aromatic heterocycles. The zero-order chi connectivity index (χ0) is 28.3. The number of ether oxygens (including phenoxy) is 2. The van der Waals surface area contributed by atoms with Gasteiger partial charge in [-0.1, -0.05) is 66.7 Å². The molecule has 4 N–H and O–H groups in total. The van der Waals surface area contributed by atoms with Crippen LogP contribution in [0.2, 0.25) is 0 Å². The molecule has 5 aliphatic rings. The first-order valence-electron chi connectivity index (χ1n) is 16.4. The minimum Gasteiger partial charge on any atom is -0.391 e. The molecule has 4 saturated carbocycles. The zero-order valence-corrected chi connectivity index (χ0v) is 25.5. The van der Waals surface area contributed by atoms with Crippen molar-refractivity contribution in [2.75, 3.05) is 0 Å². The van der Waals surface area contributed by atoms with Gasteiger partial charge in [-0.15, -0.1) is 0 Å². The van der Waals surface area contributed by atoms with E-state index in [9.17, 15) is 20.4 Å². The largest absolute Gasteiger partial charge is 0.391 e. The number of hydrogen-bond donors (Lipinski definition) is 4. The monoisotopic (exact) mass is 550 g/mol. The molecule has 0 amide bonds. The molecular formula is C33H58O6. The summed E-state index contributed by atoms with van der Waals surface area (Å²) in [6.07, 6.45) is 7.88. The van der Waals surface area contributed by atoms with Gasteiger partial charge >= 0.3 is 0 Å². The van der Waals surface area contributed by atoms with E-state index in [4.69, 9.17) is 9.47 Å². The standard InChI is InChI=1S/C33H58O6/c1-19(2)10-9-11-20(3)23-12-13-24-22-18-26(38-30-28(36)27(35)29(39-30)21(4)34)33(37)16-8-7-15-32(33,6)25(22)14-17-31(23,24)5/h19-30,34-37H,7-18H2,1-6H3/t20-,21-,22+,23-,24+,25+,26-,27-,28-,29+,30-,31-,32-,33+/m1/s1. The van der Waals surface area contributed by atoms with Crippen LogP contribution in [0.5, 0.6) is 0 Å². The summed E-state index contributed by atoms with van der Waals surface area (Å²) in [5, 5.41) is 43.8. The Balaban J connectivity index is 1.39. The van der Waals surface area contributed by atoms with E-state index < -0.39 is 42.4 Å². The van der Waals surface area contributed by atoms with E-state index in [2.05, 4.69) is 34.6 Å². The average Bonchev–Trinajstić information content (AvgIpc) is 3.36. The van der Waals surface area contributed by atoms with Crippen LogP contribution in [0.15, 0.2) is 0 Å². The van der Waals surface area contributed by atoms with Crippen LogP contribution in [-0.4, -0.2) is 62.8 Å². The van der Waals surface area contributed by atoms with Gasteiger partial charge in [0.05, 0.1) is 17.8 Å². The SMILES string of the molecule is CC(C)CCC[C@@H](C)[C@H]1CC[C@H]2[C@@H]3C[C@@H](O[C@@H]4O[C@@H]([C@@H](C)O)[C@H](O)[C@H]4O)[C@@]4(O)CCCC[C@]4(C)[C@H]3CC[C@]12C. The first-order valence-corrected chi connectivity index (χ1v) is 16.4. The van der Waals surface area contributed by atoms with Crippen molar-refractivity contribution in [3.8, 4) is 0 Å². The van der Waals surface area contributed by atoms with Crippen molar-refractivity contribution in [2.24, 2.45) is 46.3 Å². The van der Waals surface area contributed by atoms with Gasteiger partial charge in [0.25, 0.3) is 0 Å². The summed E-state index contributed by atoms with van der Waals surface area (Å²) < 4.78 is 12.4. The van der Waals surface area contributed by atoms with Crippen molar-refractivity contribution in [2.45, 2.75) is 161 Å². The molecule has 1 saturated heterocycles. The van der Waals surface area contributed by atoms with E-state index in [1.807, 2.05) is 0 Å². The van der Waals surface area contributed by atoms with Crippen LogP contribution in [0.25, 0.3) is 0 Å². The molecule has 0 aromatic rings. The molecule has 226 valence electrons. The zero-order valence-electron chi connectivity index (χ0n) is 25.5. The van der Waals surface area contributed by atoms with Crippen molar-refractivity contribution in [3.05, 3.63) is 0 Å². The second kappa shape index (κ2) is 11.1. The number of fused-ring (bicyclic) bond motifs is 5. The van der Waals surface area contributed by atoms with Crippen LogP contribution in [0.3, 0.4) is 0 Å². The Morgan fingerprint density at radius 2 is 1.62 bits per heavy atom. The van der Waals surface area contributed by atoms with Crippen molar-refractivity contribution in [3.63, 3.8) is 0 Å². The molecule has 6 nitrogen and oxygen atoms in total. The van der Waals surface area contributed by atoms with Gasteiger partial charge < -0.3 is 29.9 Å². The van der Waals surface area contributed by atoms with Gasteiger partial charge in [-0.25, -0.2) is 0 Å². The van der Waals surface area contributed by atoms with Crippen LogP contribution in [0, 0.1) is 46.3 Å². The van der Waals surface area contributed by atoms with Crippen LogP contribution in [-0.2, 0) is 9.47 Å². The van der Waals surface area contributed by atoms with Crippen molar-refractivity contribution < 1.29 is 29.9 Å². The Hall–Kier alpha value is -0.240. The van der Waals surface area contributed by atoms with E-state index >= 15 is 0 Å². The molecule has 5 fully saturated rings. The second-order valence-electron chi connectivity index (χ2n) is 15.5. The smallest absolute Gasteiger partial charge is 0.187 e. The molecule has 0 radical (unpaired) electrons. The Morgan fingerprint density at radius 1 is 0.897 bits per heavy atom. The van der Waals surface area contributed by atoms with Gasteiger partial charge in [0.1, 0.15) is 18.3 Å². The highest BCUT2D eigenvalue weighted by Gasteiger charge is 2.67. The van der Waals surface area contributed by atoms with Crippen molar-refractivity contribution in [1.82, 2.24) is 0 Å². The molecule has 1 aliphatic heterocycles. The fraction of sp³-hybridized carbons (Fsp3) is 1.00. The third-order valence-corrected chi connectivity index (χ3v) is 13.0. The molecule has 6 heteroatoms. The summed E-state index contributed by atoms with van der Waals surface area (Å²) >= 11 is 0. The van der Waals surface area contributed by atoms with Crippen molar-refractivity contribution in [1.29, 1.82) is 0 Å². The predicted molar refractivity (Wildman–Crippen MR) is 152 cm³/mol. The first-order chi connectivity index (χ1) is 18.3. The van der Waals surface area contributed by atoms with E-state index in [1.54, 1.807) is 6.92 Å². The maximum Gasteiger partial charge on any atom is 0.187 e. The molecule has 14 atom stereocenters. The topological polar surface area (TPSA) is 99.4 Å². The van der Waals surface area contributed by atoms with E-state index in [-0.39, 0.29) is 5.41 Å². The normalized spacial score (nSPS) is 51.3. The molecule has 0 unspecified atom stereocenters. The van der Waals surface area contributed by atoms with Crippen LogP contribution in [0.4, 0.5) is 0 Å². The van der Waals surface area contributed by atoms with Crippen LogP contribution < -0.4 is 0 Å². The Bertz CT molecular complexity index is 848. The summed E-state index contributed by atoms with van der Waals surface area (Å²) in [6.45, 7) is 13.6. The first kappa shape index (κ1) is 30.2. The quantitative estimate of drug-likeness (QED) is 0.321. The van der Waals surface area contributed by atoms with E-state index in [1.165, 1.54) is 44.9 Å². The summed E-state index contributed by atoms with van der Waals surface area (Å²) in [5.74, 6) is 3.88. The summed E-state index contributed by atoms with van der Waals surface area (Å²) in [6, 6.07) is 0. The Labute approximate surface area is 237 Å². The average molecular weight is 551 g/mol. The highest BCUT2D eigenvalue weighted by atomic mass is 16.7. The number of aliphatic hydroxyl groups excluding tert-OH is 3. The molecule has 0 bridgehead atoms. The summed E-state index contributed by atoms with van der Waals surface area (Å²) in [5.41, 5.74) is -0.868. The molecule has 4 aliphatic carbocycles. The minimum atomic E-state index is -1.24. The lowest BCUT2D eigenvalue weighted by atomic mass is 9.42. The molecule has 0 spiro atoms. The van der Waals surface area contributed by atoms with Crippen molar-refractivity contribution >= 4 is 0 Å². The highest BCUT2D eigenvalue weighted by Crippen LogP contribution is 2.69. The summed E-state index contributed by atoms with van der Waals surface area (Å²) in [7, 11) is 0.